The number of rotatable bonds is 3. The molecule has 2 unspecified atom stereocenters. The molecule has 1 aliphatic heterocycles. The monoisotopic (exact) mass is 253 g/mol. The number of aliphatic hydroxyl groups is 1. The minimum absolute atomic E-state index is 0.0268. The van der Waals surface area contributed by atoms with Gasteiger partial charge in [-0.15, -0.1) is 0 Å². The number of aliphatic hydroxyl groups excluding tert-OH is 1. The molecule has 2 rings (SSSR count). The van der Waals surface area contributed by atoms with Gasteiger partial charge in [-0.2, -0.15) is 0 Å². The molecule has 0 aromatic carbocycles. The van der Waals surface area contributed by atoms with Gasteiger partial charge >= 0.3 is 0 Å². The van der Waals surface area contributed by atoms with E-state index in [0.29, 0.717) is 25.3 Å². The Bertz CT molecular complexity index is 311. The second-order valence-electron chi connectivity index (χ2n) is 5.90. The Balaban J connectivity index is 1.98. The van der Waals surface area contributed by atoms with Crippen LogP contribution in [-0.4, -0.2) is 35.0 Å². The predicted molar refractivity (Wildman–Crippen MR) is 67.7 cm³/mol. The topological polar surface area (TPSA) is 57.6 Å². The first-order chi connectivity index (χ1) is 8.61. The summed E-state index contributed by atoms with van der Waals surface area (Å²) in [7, 11) is 0. The number of carbonyl (C=O) groups is 2. The molecule has 1 heterocycles. The molecule has 4 nitrogen and oxygen atoms in total. The molecular weight excluding hydrogens is 230 g/mol. The van der Waals surface area contributed by atoms with Crippen LogP contribution < -0.4 is 0 Å². The molecule has 0 aromatic rings. The zero-order valence-electron chi connectivity index (χ0n) is 11.1. The first-order valence-electron chi connectivity index (χ1n) is 7.06. The molecule has 1 N–H and O–H groups in total. The maximum Gasteiger partial charge on any atom is 0.229 e. The van der Waals surface area contributed by atoms with Crippen LogP contribution in [0.2, 0.25) is 0 Å². The van der Waals surface area contributed by atoms with Crippen molar-refractivity contribution in [3.8, 4) is 0 Å². The lowest BCUT2D eigenvalue weighted by Gasteiger charge is -2.36. The highest BCUT2D eigenvalue weighted by atomic mass is 16.3. The van der Waals surface area contributed by atoms with Crippen molar-refractivity contribution in [1.82, 2.24) is 4.90 Å². The van der Waals surface area contributed by atoms with Gasteiger partial charge in [-0.1, -0.05) is 19.8 Å². The molecule has 0 bridgehead atoms. The number of carbonyl (C=O) groups excluding carboxylic acids is 2. The van der Waals surface area contributed by atoms with E-state index in [2.05, 4.69) is 0 Å². The van der Waals surface area contributed by atoms with Gasteiger partial charge in [0.15, 0.2) is 0 Å². The number of likely N-dealkylation sites (tertiary alicyclic amines) is 1. The molecule has 0 radical (unpaired) electrons. The van der Waals surface area contributed by atoms with Gasteiger partial charge in [0.05, 0.1) is 0 Å². The number of hydrogen-bond acceptors (Lipinski definition) is 3. The third-order valence-corrected chi connectivity index (χ3v) is 4.37. The van der Waals surface area contributed by atoms with Gasteiger partial charge in [0.2, 0.25) is 11.8 Å². The number of imide groups is 1. The summed E-state index contributed by atoms with van der Waals surface area (Å²) in [5.41, 5.74) is 0. The SMILES string of the molecule is CC1CC(=O)N(CC2CCCCC2CO)C(=O)C1. The summed E-state index contributed by atoms with van der Waals surface area (Å²) in [6.07, 6.45) is 5.32. The maximum atomic E-state index is 11.9. The van der Waals surface area contributed by atoms with Crippen molar-refractivity contribution in [2.24, 2.45) is 17.8 Å². The number of nitrogens with zero attached hydrogens (tertiary/aromatic N) is 1. The molecule has 18 heavy (non-hydrogen) atoms. The minimum atomic E-state index is -0.0268. The maximum absolute atomic E-state index is 11.9. The highest BCUT2D eigenvalue weighted by Crippen LogP contribution is 2.31. The zero-order chi connectivity index (χ0) is 13.1. The van der Waals surface area contributed by atoms with Gasteiger partial charge in [-0.05, 0) is 30.6 Å². The molecule has 0 aromatic heterocycles. The van der Waals surface area contributed by atoms with Crippen LogP contribution in [0.1, 0.15) is 45.4 Å². The van der Waals surface area contributed by atoms with Crippen molar-refractivity contribution in [1.29, 1.82) is 0 Å². The Kier molecular flexibility index (Phi) is 4.38. The summed E-state index contributed by atoms with van der Waals surface area (Å²) in [6, 6.07) is 0. The normalized spacial score (nSPS) is 30.9. The molecule has 2 amide bonds. The zero-order valence-corrected chi connectivity index (χ0v) is 11.1. The van der Waals surface area contributed by atoms with E-state index in [4.69, 9.17) is 0 Å². The molecular formula is C14H23NO3. The lowest BCUT2D eigenvalue weighted by Crippen LogP contribution is -2.46. The largest absolute Gasteiger partial charge is 0.396 e. The Morgan fingerprint density at radius 1 is 1.11 bits per heavy atom. The molecule has 1 saturated carbocycles. The van der Waals surface area contributed by atoms with Crippen LogP contribution in [0.5, 0.6) is 0 Å². The van der Waals surface area contributed by atoms with Crippen LogP contribution in [0.25, 0.3) is 0 Å². The Labute approximate surface area is 108 Å². The molecule has 1 saturated heterocycles. The van der Waals surface area contributed by atoms with Gasteiger partial charge in [0.25, 0.3) is 0 Å². The fourth-order valence-electron chi connectivity index (χ4n) is 3.23. The van der Waals surface area contributed by atoms with Crippen LogP contribution in [0, 0.1) is 17.8 Å². The first kappa shape index (κ1) is 13.5. The lowest BCUT2D eigenvalue weighted by atomic mass is 9.79. The van der Waals surface area contributed by atoms with Crippen LogP contribution in [0.15, 0.2) is 0 Å². The highest BCUT2D eigenvalue weighted by molar-refractivity contribution is 5.97. The van der Waals surface area contributed by atoms with Crippen molar-refractivity contribution >= 4 is 11.8 Å². The standard InChI is InChI=1S/C14H23NO3/c1-10-6-13(17)15(14(18)7-10)8-11-4-2-3-5-12(11)9-16/h10-12,16H,2-9H2,1H3. The van der Waals surface area contributed by atoms with E-state index < -0.39 is 0 Å². The average molecular weight is 253 g/mol. The van der Waals surface area contributed by atoms with E-state index in [1.807, 2.05) is 6.92 Å². The smallest absolute Gasteiger partial charge is 0.229 e. The minimum Gasteiger partial charge on any atom is -0.396 e. The summed E-state index contributed by atoms with van der Waals surface area (Å²) in [4.78, 5) is 25.3. The molecule has 2 atom stereocenters. The van der Waals surface area contributed by atoms with Crippen molar-refractivity contribution in [3.63, 3.8) is 0 Å². The van der Waals surface area contributed by atoms with Crippen LogP contribution in [0.4, 0.5) is 0 Å². The van der Waals surface area contributed by atoms with Gasteiger partial charge < -0.3 is 5.11 Å². The number of amides is 2. The Morgan fingerprint density at radius 3 is 2.22 bits per heavy atom. The fourth-order valence-corrected chi connectivity index (χ4v) is 3.23. The molecule has 2 aliphatic rings. The van der Waals surface area contributed by atoms with E-state index in [1.54, 1.807) is 0 Å². The van der Waals surface area contributed by atoms with Crippen LogP contribution in [0.3, 0.4) is 0 Å². The van der Waals surface area contributed by atoms with Crippen molar-refractivity contribution in [2.45, 2.75) is 45.4 Å². The quantitative estimate of drug-likeness (QED) is 0.777. The van der Waals surface area contributed by atoms with Gasteiger partial charge in [0, 0.05) is 26.0 Å². The molecule has 102 valence electrons. The van der Waals surface area contributed by atoms with E-state index in [1.165, 1.54) is 4.90 Å². The highest BCUT2D eigenvalue weighted by Gasteiger charge is 2.34. The third kappa shape index (κ3) is 2.91. The van der Waals surface area contributed by atoms with E-state index in [-0.39, 0.29) is 30.3 Å². The van der Waals surface area contributed by atoms with Crippen LogP contribution >= 0.6 is 0 Å². The number of piperidine rings is 1. The van der Waals surface area contributed by atoms with Crippen molar-refractivity contribution in [3.05, 3.63) is 0 Å². The van der Waals surface area contributed by atoms with Gasteiger partial charge in [0.1, 0.15) is 0 Å². The first-order valence-corrected chi connectivity index (χ1v) is 7.06. The second-order valence-corrected chi connectivity index (χ2v) is 5.90. The van der Waals surface area contributed by atoms with E-state index in [9.17, 15) is 14.7 Å². The van der Waals surface area contributed by atoms with Gasteiger partial charge in [-0.25, -0.2) is 0 Å². The number of hydrogen-bond donors (Lipinski definition) is 1. The summed E-state index contributed by atoms with van der Waals surface area (Å²) in [6.45, 7) is 2.65. The molecule has 1 aliphatic carbocycles. The summed E-state index contributed by atoms with van der Waals surface area (Å²) in [5, 5.41) is 9.38. The van der Waals surface area contributed by atoms with Crippen molar-refractivity contribution < 1.29 is 14.7 Å². The fraction of sp³-hybridized carbons (Fsp3) is 0.857. The molecule has 2 fully saturated rings. The molecule has 0 spiro atoms. The lowest BCUT2D eigenvalue weighted by molar-refractivity contribution is -0.151. The van der Waals surface area contributed by atoms with Crippen molar-refractivity contribution in [2.75, 3.05) is 13.2 Å². The third-order valence-electron chi connectivity index (χ3n) is 4.37. The molecule has 4 heteroatoms. The summed E-state index contributed by atoms with van der Waals surface area (Å²) in [5.74, 6) is 0.687. The second kappa shape index (κ2) is 5.83. The van der Waals surface area contributed by atoms with Crippen LogP contribution in [-0.2, 0) is 9.59 Å². The van der Waals surface area contributed by atoms with E-state index in [0.717, 1.165) is 25.7 Å². The summed E-state index contributed by atoms with van der Waals surface area (Å²) < 4.78 is 0. The predicted octanol–water partition coefficient (Wildman–Crippen LogP) is 1.57. The van der Waals surface area contributed by atoms with Gasteiger partial charge in [-0.3, -0.25) is 14.5 Å². The van der Waals surface area contributed by atoms with E-state index >= 15 is 0 Å². The Morgan fingerprint density at radius 2 is 1.67 bits per heavy atom. The summed E-state index contributed by atoms with van der Waals surface area (Å²) >= 11 is 0. The Hall–Kier alpha value is -0.900. The average Bonchev–Trinajstić information content (AvgIpc) is 2.34.